The molecule has 150 valence electrons. The number of halogens is 2. The average Bonchev–Trinajstić information content (AvgIpc) is 3.27. The highest BCUT2D eigenvalue weighted by atomic mass is 35.5. The van der Waals surface area contributed by atoms with Gasteiger partial charge in [-0.05, 0) is 29.8 Å². The van der Waals surface area contributed by atoms with Gasteiger partial charge in [0.1, 0.15) is 5.92 Å². The van der Waals surface area contributed by atoms with E-state index in [4.69, 9.17) is 28.0 Å². The fourth-order valence-electron chi connectivity index (χ4n) is 4.13. The van der Waals surface area contributed by atoms with E-state index in [0.29, 0.717) is 0 Å². The van der Waals surface area contributed by atoms with Crippen molar-refractivity contribution in [1.29, 1.82) is 0 Å². The Morgan fingerprint density at radius 1 is 0.733 bits per heavy atom. The van der Waals surface area contributed by atoms with Crippen LogP contribution in [0.15, 0.2) is 78.9 Å². The van der Waals surface area contributed by atoms with Crippen LogP contribution in [-0.2, 0) is 14.4 Å². The third-order valence-corrected chi connectivity index (χ3v) is 6.04. The van der Waals surface area contributed by atoms with Gasteiger partial charge in [0.15, 0.2) is 6.10 Å². The number of fused-ring (bicyclic) bond motifs is 1. The fraction of sp³-hybridized carbons (Fsp3) is 0.130. The molecule has 2 fully saturated rings. The topological polar surface area (TPSA) is 49.9 Å². The number of hydrogen-bond donors (Lipinski definition) is 0. The quantitative estimate of drug-likeness (QED) is 0.537. The lowest BCUT2D eigenvalue weighted by molar-refractivity contribution is -0.126. The molecule has 0 N–H and O–H groups in total. The number of benzene rings is 3. The zero-order chi connectivity index (χ0) is 20.8. The molecule has 2 saturated heterocycles. The lowest BCUT2D eigenvalue weighted by Crippen LogP contribution is -2.37. The van der Waals surface area contributed by atoms with Gasteiger partial charge in [-0.25, -0.2) is 9.96 Å². The van der Waals surface area contributed by atoms with Crippen LogP contribution in [0.1, 0.15) is 11.6 Å². The summed E-state index contributed by atoms with van der Waals surface area (Å²) < 4.78 is 0. The lowest BCUT2D eigenvalue weighted by Gasteiger charge is -2.29. The van der Waals surface area contributed by atoms with Crippen LogP contribution in [0.5, 0.6) is 0 Å². The van der Waals surface area contributed by atoms with Gasteiger partial charge in [-0.15, -0.1) is 0 Å². The molecule has 5 rings (SSSR count). The molecule has 3 aromatic carbocycles. The number of nitrogens with zero attached hydrogens (tertiary/aromatic N) is 2. The first-order valence-electron chi connectivity index (χ1n) is 9.46. The van der Waals surface area contributed by atoms with Crippen molar-refractivity contribution < 1.29 is 14.4 Å². The minimum Gasteiger partial charge on any atom is -0.273 e. The summed E-state index contributed by atoms with van der Waals surface area (Å²) in [5.74, 6) is -1.58. The zero-order valence-electron chi connectivity index (χ0n) is 15.6. The highest BCUT2D eigenvalue weighted by Crippen LogP contribution is 2.49. The summed E-state index contributed by atoms with van der Waals surface area (Å²) in [7, 11) is 0. The molecule has 0 aromatic heterocycles. The molecule has 0 saturated carbocycles. The molecule has 3 atom stereocenters. The first kappa shape index (κ1) is 19.1. The Bertz CT molecular complexity index is 1100. The molecule has 0 unspecified atom stereocenters. The number of hydrogen-bond acceptors (Lipinski definition) is 4. The highest BCUT2D eigenvalue weighted by Gasteiger charge is 2.60. The van der Waals surface area contributed by atoms with Gasteiger partial charge in [-0.1, -0.05) is 77.8 Å². The van der Waals surface area contributed by atoms with Gasteiger partial charge < -0.3 is 0 Å². The molecule has 0 bridgehead atoms. The maximum Gasteiger partial charge on any atom is 0.266 e. The van der Waals surface area contributed by atoms with Crippen molar-refractivity contribution in [1.82, 2.24) is 0 Å². The van der Waals surface area contributed by atoms with Crippen LogP contribution in [0, 0.1) is 5.92 Å². The van der Waals surface area contributed by atoms with Crippen LogP contribution in [0.25, 0.3) is 0 Å². The summed E-state index contributed by atoms with van der Waals surface area (Å²) in [5, 5.41) is 2.13. The number of carbonyl (C=O) groups excluding carboxylic acids is 2. The van der Waals surface area contributed by atoms with E-state index in [1.165, 1.54) is 0 Å². The molecule has 7 heteroatoms. The van der Waals surface area contributed by atoms with E-state index in [2.05, 4.69) is 0 Å². The zero-order valence-corrected chi connectivity index (χ0v) is 17.1. The van der Waals surface area contributed by atoms with E-state index in [0.717, 1.165) is 16.2 Å². The van der Waals surface area contributed by atoms with E-state index >= 15 is 0 Å². The van der Waals surface area contributed by atoms with E-state index in [-0.39, 0.29) is 21.6 Å². The monoisotopic (exact) mass is 438 g/mol. The van der Waals surface area contributed by atoms with Crippen molar-refractivity contribution in [2.24, 2.45) is 5.92 Å². The molecule has 0 aliphatic carbocycles. The van der Waals surface area contributed by atoms with Crippen molar-refractivity contribution in [3.63, 3.8) is 0 Å². The Kier molecular flexibility index (Phi) is 4.74. The van der Waals surface area contributed by atoms with Gasteiger partial charge in [0, 0.05) is 0 Å². The summed E-state index contributed by atoms with van der Waals surface area (Å²) in [6, 6.07) is 23.4. The number of amides is 2. The second-order valence-electron chi connectivity index (χ2n) is 7.15. The highest BCUT2D eigenvalue weighted by molar-refractivity contribution is 6.42. The molecule has 2 amide bonds. The van der Waals surface area contributed by atoms with Crippen molar-refractivity contribution in [3.8, 4) is 0 Å². The van der Waals surface area contributed by atoms with Gasteiger partial charge in [0.25, 0.3) is 5.91 Å². The standard InChI is InChI=1S/C23H16Cl2N2O3/c24-16-12-7-13-17(25)20(16)26-22(28)18-19(14-8-3-1-4-9-14)27(30-21(18)23(26)29)15-10-5-2-6-11-15/h1-13,18-19,21H/t18-,19-,21+/m0/s1. The summed E-state index contributed by atoms with van der Waals surface area (Å²) >= 11 is 12.6. The Balaban J connectivity index is 1.61. The second kappa shape index (κ2) is 7.43. The predicted molar refractivity (Wildman–Crippen MR) is 115 cm³/mol. The Morgan fingerprint density at radius 3 is 1.97 bits per heavy atom. The summed E-state index contributed by atoms with van der Waals surface area (Å²) in [5.41, 5.74) is 1.85. The van der Waals surface area contributed by atoms with Crippen molar-refractivity contribution in [3.05, 3.63) is 94.5 Å². The third-order valence-electron chi connectivity index (χ3n) is 5.43. The van der Waals surface area contributed by atoms with E-state index in [9.17, 15) is 9.59 Å². The predicted octanol–water partition coefficient (Wildman–Crippen LogP) is 5.04. The molecule has 2 heterocycles. The van der Waals surface area contributed by atoms with Crippen LogP contribution in [-0.4, -0.2) is 17.9 Å². The second-order valence-corrected chi connectivity index (χ2v) is 7.97. The minimum atomic E-state index is -0.963. The summed E-state index contributed by atoms with van der Waals surface area (Å²) in [6.07, 6.45) is -0.963. The fourth-order valence-corrected chi connectivity index (χ4v) is 4.69. The van der Waals surface area contributed by atoms with Gasteiger partial charge in [0.05, 0.1) is 27.5 Å². The van der Waals surface area contributed by atoms with Gasteiger partial charge in [-0.2, -0.15) is 0 Å². The molecule has 0 spiro atoms. The largest absolute Gasteiger partial charge is 0.273 e. The van der Waals surface area contributed by atoms with Crippen LogP contribution in [0.2, 0.25) is 10.0 Å². The number of hydroxylamine groups is 1. The van der Waals surface area contributed by atoms with Crippen LogP contribution >= 0.6 is 23.2 Å². The van der Waals surface area contributed by atoms with Crippen LogP contribution in [0.4, 0.5) is 11.4 Å². The van der Waals surface area contributed by atoms with E-state index in [1.54, 1.807) is 23.3 Å². The number of para-hydroxylation sites is 2. The number of rotatable bonds is 3. The lowest BCUT2D eigenvalue weighted by atomic mass is 9.90. The van der Waals surface area contributed by atoms with Crippen molar-refractivity contribution in [2.45, 2.75) is 12.1 Å². The van der Waals surface area contributed by atoms with Gasteiger partial charge >= 0.3 is 0 Å². The molecule has 5 nitrogen and oxygen atoms in total. The maximum atomic E-state index is 13.5. The Morgan fingerprint density at radius 2 is 1.33 bits per heavy atom. The molecule has 3 aromatic rings. The Labute approximate surface area is 183 Å². The first-order valence-corrected chi connectivity index (χ1v) is 10.2. The smallest absolute Gasteiger partial charge is 0.266 e. The Hall–Kier alpha value is -2.86. The van der Waals surface area contributed by atoms with Crippen molar-refractivity contribution in [2.75, 3.05) is 9.96 Å². The molecular weight excluding hydrogens is 423 g/mol. The normalized spacial score (nSPS) is 23.2. The van der Waals surface area contributed by atoms with Gasteiger partial charge in [0.2, 0.25) is 5.91 Å². The minimum absolute atomic E-state index is 0.201. The molecule has 30 heavy (non-hydrogen) atoms. The number of anilines is 2. The number of imide groups is 1. The van der Waals surface area contributed by atoms with Crippen molar-refractivity contribution >= 4 is 46.4 Å². The SMILES string of the molecule is O=C1[C@@H]2[C@@H](ON(c3ccccc3)[C@H]2c2ccccc2)C(=O)N1c1c(Cl)cccc1Cl. The number of carbonyl (C=O) groups is 2. The van der Waals surface area contributed by atoms with Crippen LogP contribution < -0.4 is 9.96 Å². The first-order chi connectivity index (χ1) is 14.6. The molecule has 2 aliphatic heterocycles. The third kappa shape index (κ3) is 2.89. The molecule has 0 radical (unpaired) electrons. The van der Waals surface area contributed by atoms with E-state index < -0.39 is 24.0 Å². The maximum absolute atomic E-state index is 13.5. The summed E-state index contributed by atoms with van der Waals surface area (Å²) in [4.78, 5) is 34.0. The molecular formula is C23H16Cl2N2O3. The summed E-state index contributed by atoms with van der Waals surface area (Å²) in [6.45, 7) is 0. The van der Waals surface area contributed by atoms with E-state index in [1.807, 2.05) is 60.7 Å². The van der Waals surface area contributed by atoms with Crippen LogP contribution in [0.3, 0.4) is 0 Å². The molecule has 2 aliphatic rings. The van der Waals surface area contributed by atoms with Gasteiger partial charge in [-0.3, -0.25) is 14.4 Å². The average molecular weight is 439 g/mol.